The second-order valence-corrected chi connectivity index (χ2v) is 18.0. The number of piperidine rings is 2. The molecule has 63 heavy (non-hydrogen) atoms. The highest BCUT2D eigenvalue weighted by atomic mass is 32.2. The maximum Gasteiger partial charge on any atom is 0.301 e. The van der Waals surface area contributed by atoms with Gasteiger partial charge >= 0.3 is 10.2 Å². The summed E-state index contributed by atoms with van der Waals surface area (Å²) in [5.74, 6) is -2.93. The first-order valence-corrected chi connectivity index (χ1v) is 22.2. The van der Waals surface area contributed by atoms with Gasteiger partial charge in [0.15, 0.2) is 11.6 Å². The third-order valence-corrected chi connectivity index (χ3v) is 13.8. The normalized spacial score (nSPS) is 18.2. The van der Waals surface area contributed by atoms with Crippen LogP contribution in [0.5, 0.6) is 0 Å². The number of piperazine rings is 1. The number of aliphatic hydroxyl groups is 1. The van der Waals surface area contributed by atoms with Crippen LogP contribution in [0.2, 0.25) is 0 Å². The highest BCUT2D eigenvalue weighted by Crippen LogP contribution is 2.34. The summed E-state index contributed by atoms with van der Waals surface area (Å²) in [6.45, 7) is 4.42. The van der Waals surface area contributed by atoms with Crippen molar-refractivity contribution in [3.05, 3.63) is 102 Å². The molecule has 1 atom stereocenters. The van der Waals surface area contributed by atoms with Gasteiger partial charge in [0.25, 0.3) is 0 Å². The molecule has 4 N–H and O–H groups in total. The molecule has 2 aromatic carbocycles. The van der Waals surface area contributed by atoms with Crippen LogP contribution in [-0.4, -0.2) is 120 Å². The lowest BCUT2D eigenvalue weighted by Crippen LogP contribution is -2.52. The number of carbonyl (C=O) groups excluding carboxylic acids is 4. The van der Waals surface area contributed by atoms with Gasteiger partial charge in [-0.15, -0.1) is 0 Å². The molecule has 0 saturated carbocycles. The molecule has 16 nitrogen and oxygen atoms in total. The van der Waals surface area contributed by atoms with Crippen molar-refractivity contribution < 1.29 is 41.5 Å². The molecule has 0 bridgehead atoms. The van der Waals surface area contributed by atoms with Crippen molar-refractivity contribution in [3.63, 3.8) is 0 Å². The third kappa shape index (κ3) is 8.98. The maximum atomic E-state index is 15.6. The molecule has 0 radical (unpaired) electrons. The molecule has 0 spiro atoms. The zero-order valence-electron chi connectivity index (χ0n) is 34.7. The van der Waals surface area contributed by atoms with Gasteiger partial charge in [0.05, 0.1) is 34.9 Å². The van der Waals surface area contributed by atoms with Crippen LogP contribution in [0.3, 0.4) is 0 Å². The Kier molecular flexibility index (Phi) is 12.0. The van der Waals surface area contributed by atoms with Gasteiger partial charge in [0.1, 0.15) is 17.3 Å². The van der Waals surface area contributed by atoms with E-state index in [1.165, 1.54) is 37.5 Å². The fraction of sp³-hybridized carbons (Fsp3) is 0.364. The Morgan fingerprint density at radius 1 is 0.937 bits per heavy atom. The van der Waals surface area contributed by atoms with Gasteiger partial charge in [0.2, 0.25) is 17.7 Å². The van der Waals surface area contributed by atoms with Crippen LogP contribution in [-0.2, 0) is 24.6 Å². The number of pyridine rings is 2. The Morgan fingerprint density at radius 3 is 2.37 bits per heavy atom. The van der Waals surface area contributed by atoms with Crippen molar-refractivity contribution in [2.75, 3.05) is 67.4 Å². The van der Waals surface area contributed by atoms with E-state index in [-0.39, 0.29) is 60.9 Å². The number of fused-ring (bicyclic) bond motifs is 1. The molecule has 1 unspecified atom stereocenters. The monoisotopic (exact) mass is 883 g/mol. The highest BCUT2D eigenvalue weighted by Gasteiger charge is 2.37. The molecule has 0 aliphatic carbocycles. The Labute approximate surface area is 362 Å². The van der Waals surface area contributed by atoms with Crippen molar-refractivity contribution in [1.82, 2.24) is 29.5 Å². The zero-order valence-corrected chi connectivity index (χ0v) is 35.6. The summed E-state index contributed by atoms with van der Waals surface area (Å²) in [7, 11) is -2.68. The standard InChI is InChI=1S/C44H47F2N9O7S/c1-3-52(2)63(61,62)51-35-6-4-5-31(40(35)46)41(58)33-26-49-42-32(33)21-29(25-48-42)28-8-11-37(47-24-28)54-17-19-55(20-18-54)39(57)23-44(60)13-15-53(16-14-44)36-10-7-27(22-34(36)45)30-9-12-38(56)50-43(30)59/h4-8,10-11,21-22,24-26,30,51,60H,3,9,12-20,23H2,1-2H3,(H,48,49)(H,50,56,59). The Hall–Kier alpha value is -6.31. The first-order chi connectivity index (χ1) is 30.1. The Morgan fingerprint density at radius 2 is 1.68 bits per heavy atom. The summed E-state index contributed by atoms with van der Waals surface area (Å²) in [5.41, 5.74) is 0.928. The number of nitrogens with one attached hydrogen (secondary N) is 3. The van der Waals surface area contributed by atoms with Gasteiger partial charge in [-0.2, -0.15) is 12.7 Å². The topological polar surface area (TPSA) is 201 Å². The van der Waals surface area contributed by atoms with Crippen molar-refractivity contribution in [2.45, 2.75) is 50.5 Å². The first-order valence-electron chi connectivity index (χ1n) is 20.8. The Bertz CT molecular complexity index is 2700. The third-order valence-electron chi connectivity index (χ3n) is 12.3. The molecule has 3 aliphatic rings. The number of hydrogen-bond donors (Lipinski definition) is 4. The van der Waals surface area contributed by atoms with Crippen LogP contribution in [0.15, 0.2) is 73.2 Å². The molecular formula is C44H47F2N9O7S. The summed E-state index contributed by atoms with van der Waals surface area (Å²) in [5, 5.41) is 14.2. The number of benzene rings is 2. The number of aromatic nitrogens is 3. The van der Waals surface area contributed by atoms with Gasteiger partial charge < -0.3 is 24.8 Å². The van der Waals surface area contributed by atoms with Gasteiger partial charge in [-0.1, -0.05) is 19.1 Å². The molecule has 5 aromatic rings. The van der Waals surface area contributed by atoms with E-state index in [0.29, 0.717) is 79.4 Å². The number of rotatable bonds is 12. The summed E-state index contributed by atoms with van der Waals surface area (Å²) in [4.78, 5) is 68.6. The van der Waals surface area contributed by atoms with E-state index in [1.54, 1.807) is 42.4 Å². The molecular weight excluding hydrogens is 837 g/mol. The fourth-order valence-corrected chi connectivity index (χ4v) is 9.27. The Balaban J connectivity index is 0.853. The summed E-state index contributed by atoms with van der Waals surface area (Å²) < 4.78 is 59.2. The molecule has 19 heteroatoms. The van der Waals surface area contributed by atoms with Gasteiger partial charge in [-0.25, -0.2) is 18.7 Å². The molecule has 8 rings (SSSR count). The number of aromatic amines is 1. The van der Waals surface area contributed by atoms with Crippen LogP contribution in [0.1, 0.15) is 66.4 Å². The van der Waals surface area contributed by atoms with Crippen LogP contribution in [0.4, 0.5) is 26.0 Å². The molecule has 330 valence electrons. The van der Waals surface area contributed by atoms with E-state index in [2.05, 4.69) is 29.9 Å². The second kappa shape index (κ2) is 17.5. The summed E-state index contributed by atoms with van der Waals surface area (Å²) >= 11 is 0. The predicted molar refractivity (Wildman–Crippen MR) is 231 cm³/mol. The lowest BCUT2D eigenvalue weighted by molar-refractivity contribution is -0.138. The molecule has 3 aromatic heterocycles. The second-order valence-electron chi connectivity index (χ2n) is 16.2. The number of ketones is 1. The number of nitrogens with zero attached hydrogens (tertiary/aromatic N) is 6. The average molecular weight is 884 g/mol. The van der Waals surface area contributed by atoms with Crippen molar-refractivity contribution in [1.29, 1.82) is 0 Å². The largest absolute Gasteiger partial charge is 0.389 e. The molecule has 6 heterocycles. The number of H-pyrrole nitrogens is 1. The van der Waals surface area contributed by atoms with Crippen LogP contribution < -0.4 is 19.8 Å². The minimum atomic E-state index is -4.03. The van der Waals surface area contributed by atoms with Crippen molar-refractivity contribution in [3.8, 4) is 11.1 Å². The lowest BCUT2D eigenvalue weighted by atomic mass is 9.87. The van der Waals surface area contributed by atoms with E-state index in [9.17, 15) is 32.7 Å². The highest BCUT2D eigenvalue weighted by molar-refractivity contribution is 7.90. The van der Waals surface area contributed by atoms with Gasteiger partial charge in [-0.3, -0.25) is 29.2 Å². The van der Waals surface area contributed by atoms with E-state index >= 15 is 8.78 Å². The SMILES string of the molecule is CCN(C)S(=O)(=O)Nc1cccc(C(=O)c2c[nH]c3ncc(-c4ccc(N5CCN(C(=O)CC6(O)CCN(c7ccc(C8CCC(=O)NC8=O)cc7F)CC6)CC5)nc4)cc23)c1F. The fourth-order valence-electron chi connectivity index (χ4n) is 8.34. The van der Waals surface area contributed by atoms with Crippen LogP contribution in [0.25, 0.3) is 22.2 Å². The molecule has 3 saturated heterocycles. The average Bonchev–Trinajstić information content (AvgIpc) is 3.70. The molecule has 3 aliphatic heterocycles. The maximum absolute atomic E-state index is 15.6. The van der Waals surface area contributed by atoms with Gasteiger partial charge in [0, 0.05) is 99.9 Å². The minimum absolute atomic E-state index is 0.0444. The number of hydrogen-bond acceptors (Lipinski definition) is 11. The smallest absolute Gasteiger partial charge is 0.301 e. The quantitative estimate of drug-likeness (QED) is 0.103. The van der Waals surface area contributed by atoms with E-state index in [4.69, 9.17) is 0 Å². The number of amides is 3. The summed E-state index contributed by atoms with van der Waals surface area (Å²) in [6, 6.07) is 14.1. The minimum Gasteiger partial charge on any atom is -0.389 e. The van der Waals surface area contributed by atoms with E-state index < -0.39 is 45.1 Å². The van der Waals surface area contributed by atoms with Crippen LogP contribution in [0, 0.1) is 11.6 Å². The zero-order chi connectivity index (χ0) is 44.6. The number of carbonyl (C=O) groups is 4. The number of halogens is 2. The van der Waals surface area contributed by atoms with E-state index in [0.717, 1.165) is 9.87 Å². The molecule has 3 fully saturated rings. The first kappa shape index (κ1) is 43.3. The summed E-state index contributed by atoms with van der Waals surface area (Å²) in [6.07, 6.45) is 5.81. The van der Waals surface area contributed by atoms with Crippen LogP contribution >= 0.6 is 0 Å². The number of anilines is 3. The van der Waals surface area contributed by atoms with Gasteiger partial charge in [-0.05, 0) is 67.3 Å². The predicted octanol–water partition coefficient (Wildman–Crippen LogP) is 4.33. The van der Waals surface area contributed by atoms with Crippen molar-refractivity contribution in [2.24, 2.45) is 0 Å². The number of imide groups is 1. The van der Waals surface area contributed by atoms with E-state index in [1.807, 2.05) is 17.0 Å². The lowest BCUT2D eigenvalue weighted by Gasteiger charge is -2.41. The molecule has 3 amide bonds. The van der Waals surface area contributed by atoms with Crippen molar-refractivity contribution >= 4 is 61.9 Å².